The summed E-state index contributed by atoms with van der Waals surface area (Å²) < 4.78 is 36.5. The summed E-state index contributed by atoms with van der Waals surface area (Å²) in [5.41, 5.74) is -0.557. The van der Waals surface area contributed by atoms with E-state index in [1.165, 1.54) is 6.92 Å². The molecule has 1 heterocycles. The van der Waals surface area contributed by atoms with Gasteiger partial charge in [-0.2, -0.15) is 13.2 Å². The molecule has 5 heteroatoms. The molecule has 1 rings (SSSR count). The van der Waals surface area contributed by atoms with E-state index in [0.717, 1.165) is 6.34 Å². The Morgan fingerprint density at radius 1 is 1.50 bits per heavy atom. The van der Waals surface area contributed by atoms with Crippen LogP contribution in [-0.4, -0.2) is 18.6 Å². The van der Waals surface area contributed by atoms with E-state index >= 15 is 0 Å². The molecule has 0 aliphatic carbocycles. The molecule has 1 N–H and O–H groups in total. The monoisotopic (exact) mass is 178 g/mol. The van der Waals surface area contributed by atoms with Crippen molar-refractivity contribution in [2.45, 2.75) is 26.1 Å². The van der Waals surface area contributed by atoms with Gasteiger partial charge in [0.2, 0.25) is 0 Å². The van der Waals surface area contributed by atoms with Crippen LogP contribution in [0, 0.1) is 0 Å². The predicted molar refractivity (Wildman–Crippen MR) is 39.8 cm³/mol. The molecule has 0 saturated carbocycles. The van der Waals surface area contributed by atoms with Gasteiger partial charge in [0.15, 0.2) is 0 Å². The quantitative estimate of drug-likeness (QED) is 0.601. The lowest BCUT2D eigenvalue weighted by Crippen LogP contribution is -2.32. The van der Waals surface area contributed by atoms with E-state index in [0.29, 0.717) is 0 Å². The number of hydrogen-bond donors (Lipinski definition) is 1. The van der Waals surface area contributed by atoms with Crippen LogP contribution in [0.15, 0.2) is 16.3 Å². The summed E-state index contributed by atoms with van der Waals surface area (Å²) in [4.78, 5) is 3.25. The molecule has 12 heavy (non-hydrogen) atoms. The van der Waals surface area contributed by atoms with Crippen LogP contribution in [-0.2, 0) is 0 Å². The normalized spacial score (nSPS) is 24.2. The fraction of sp³-hybridized carbons (Fsp3) is 0.571. The molecule has 0 bridgehead atoms. The van der Waals surface area contributed by atoms with E-state index in [4.69, 9.17) is 0 Å². The minimum atomic E-state index is -4.34. The Balaban J connectivity index is 3.02. The third-order valence-corrected chi connectivity index (χ3v) is 1.81. The fourth-order valence-electron chi connectivity index (χ4n) is 0.942. The second-order valence-electron chi connectivity index (χ2n) is 2.68. The molecule has 0 amide bonds. The Kier molecular flexibility index (Phi) is 2.12. The van der Waals surface area contributed by atoms with Gasteiger partial charge < -0.3 is 5.32 Å². The van der Waals surface area contributed by atoms with E-state index in [-0.39, 0.29) is 11.6 Å². The number of rotatable bonds is 0. The first-order valence-corrected chi connectivity index (χ1v) is 3.49. The van der Waals surface area contributed by atoms with E-state index in [9.17, 15) is 13.2 Å². The van der Waals surface area contributed by atoms with Crippen LogP contribution >= 0.6 is 0 Å². The highest BCUT2D eigenvalue weighted by Gasteiger charge is 2.37. The van der Waals surface area contributed by atoms with Crippen molar-refractivity contribution in [1.82, 2.24) is 5.32 Å². The minimum absolute atomic E-state index is 0.227. The molecule has 2 nitrogen and oxygen atoms in total. The summed E-state index contributed by atoms with van der Waals surface area (Å²) in [5, 5.41) is 2.68. The van der Waals surface area contributed by atoms with Gasteiger partial charge in [0, 0.05) is 6.04 Å². The van der Waals surface area contributed by atoms with Crippen molar-refractivity contribution >= 4 is 6.34 Å². The molecule has 0 aromatic rings. The van der Waals surface area contributed by atoms with Gasteiger partial charge in [-0.1, -0.05) is 0 Å². The average molecular weight is 178 g/mol. The molecule has 68 valence electrons. The standard InChI is InChI=1S/C7H9F3N2/c1-4-5(2)11-3-12-6(4)7(8,9)10/h3,5H,1-2H3,(H,11,12). The van der Waals surface area contributed by atoms with Crippen molar-refractivity contribution in [3.8, 4) is 0 Å². The van der Waals surface area contributed by atoms with E-state index in [1.54, 1.807) is 6.92 Å². The maximum Gasteiger partial charge on any atom is 0.433 e. The van der Waals surface area contributed by atoms with Crippen molar-refractivity contribution in [3.05, 3.63) is 11.3 Å². The van der Waals surface area contributed by atoms with E-state index < -0.39 is 11.9 Å². The minimum Gasteiger partial charge on any atom is -0.370 e. The number of nitrogens with zero attached hydrogens (tertiary/aromatic N) is 1. The molecular weight excluding hydrogens is 169 g/mol. The third kappa shape index (κ3) is 1.60. The van der Waals surface area contributed by atoms with Gasteiger partial charge >= 0.3 is 6.18 Å². The number of halogens is 3. The van der Waals surface area contributed by atoms with Crippen molar-refractivity contribution in [1.29, 1.82) is 0 Å². The largest absolute Gasteiger partial charge is 0.433 e. The van der Waals surface area contributed by atoms with Crippen LogP contribution in [0.3, 0.4) is 0 Å². The van der Waals surface area contributed by atoms with Crippen LogP contribution in [0.5, 0.6) is 0 Å². The molecule has 1 aliphatic heterocycles. The van der Waals surface area contributed by atoms with Crippen molar-refractivity contribution in [2.24, 2.45) is 4.99 Å². The van der Waals surface area contributed by atoms with Crippen molar-refractivity contribution in [2.75, 3.05) is 0 Å². The lowest BCUT2D eigenvalue weighted by Gasteiger charge is -2.21. The van der Waals surface area contributed by atoms with Gasteiger partial charge in [-0.15, -0.1) is 0 Å². The van der Waals surface area contributed by atoms with Crippen LogP contribution in [0.25, 0.3) is 0 Å². The molecule has 1 atom stereocenters. The molecule has 0 saturated heterocycles. The highest BCUT2D eigenvalue weighted by Crippen LogP contribution is 2.30. The Morgan fingerprint density at radius 2 is 2.08 bits per heavy atom. The summed E-state index contributed by atoms with van der Waals surface area (Å²) >= 11 is 0. The van der Waals surface area contributed by atoms with Gasteiger partial charge in [0.25, 0.3) is 0 Å². The smallest absolute Gasteiger partial charge is 0.370 e. The SMILES string of the molecule is CC1=C(C(F)(F)F)N=CNC1C. The predicted octanol–water partition coefficient (Wildman–Crippen LogP) is 1.84. The highest BCUT2D eigenvalue weighted by atomic mass is 19.4. The number of alkyl halides is 3. The first kappa shape index (κ1) is 9.09. The van der Waals surface area contributed by atoms with Crippen LogP contribution in [0.4, 0.5) is 13.2 Å². The number of allylic oxidation sites excluding steroid dienone is 1. The zero-order valence-electron chi connectivity index (χ0n) is 6.74. The topological polar surface area (TPSA) is 24.4 Å². The Bertz CT molecular complexity index is 240. The zero-order chi connectivity index (χ0) is 9.35. The first-order valence-electron chi connectivity index (χ1n) is 3.49. The molecule has 0 aromatic carbocycles. The van der Waals surface area contributed by atoms with Gasteiger partial charge in [-0.3, -0.25) is 0 Å². The lowest BCUT2D eigenvalue weighted by atomic mass is 10.1. The first-order chi connectivity index (χ1) is 5.43. The molecule has 0 fully saturated rings. The molecule has 0 spiro atoms. The highest BCUT2D eigenvalue weighted by molar-refractivity contribution is 5.60. The molecular formula is C7H9F3N2. The number of hydrogen-bond acceptors (Lipinski definition) is 2. The van der Waals surface area contributed by atoms with Gasteiger partial charge in [0.05, 0.1) is 6.34 Å². The molecule has 0 aromatic heterocycles. The van der Waals surface area contributed by atoms with Crippen LogP contribution < -0.4 is 5.32 Å². The van der Waals surface area contributed by atoms with Crippen LogP contribution in [0.2, 0.25) is 0 Å². The Morgan fingerprint density at radius 3 is 2.50 bits per heavy atom. The molecule has 1 aliphatic rings. The van der Waals surface area contributed by atoms with E-state index in [1.807, 2.05) is 0 Å². The summed E-state index contributed by atoms with van der Waals surface area (Å²) in [6.07, 6.45) is -3.25. The van der Waals surface area contributed by atoms with E-state index in [2.05, 4.69) is 10.3 Å². The van der Waals surface area contributed by atoms with Gasteiger partial charge in [0.1, 0.15) is 5.70 Å². The summed E-state index contributed by atoms with van der Waals surface area (Å²) in [6.45, 7) is 3.09. The molecule has 1 unspecified atom stereocenters. The summed E-state index contributed by atoms with van der Waals surface area (Å²) in [5.74, 6) is 0. The molecule has 0 radical (unpaired) electrons. The summed E-state index contributed by atoms with van der Waals surface area (Å²) in [6, 6.07) is -0.292. The van der Waals surface area contributed by atoms with Crippen molar-refractivity contribution < 1.29 is 13.2 Å². The second kappa shape index (κ2) is 2.80. The van der Waals surface area contributed by atoms with Crippen molar-refractivity contribution in [3.63, 3.8) is 0 Å². The second-order valence-corrected chi connectivity index (χ2v) is 2.68. The maximum absolute atomic E-state index is 12.2. The average Bonchev–Trinajstić information content (AvgIpc) is 1.92. The third-order valence-electron chi connectivity index (χ3n) is 1.81. The van der Waals surface area contributed by atoms with Gasteiger partial charge in [-0.25, -0.2) is 4.99 Å². The number of nitrogens with one attached hydrogen (secondary N) is 1. The summed E-state index contributed by atoms with van der Waals surface area (Å²) in [7, 11) is 0. The van der Waals surface area contributed by atoms with Crippen LogP contribution in [0.1, 0.15) is 13.8 Å². The van der Waals surface area contributed by atoms with Gasteiger partial charge in [-0.05, 0) is 19.4 Å². The Hall–Kier alpha value is -1.00. The lowest BCUT2D eigenvalue weighted by molar-refractivity contribution is -0.0936. The number of aliphatic imine (C=N–C) groups is 1. The fourth-order valence-corrected chi connectivity index (χ4v) is 0.942. The maximum atomic E-state index is 12.2. The Labute approximate surface area is 68.2 Å². The zero-order valence-corrected chi connectivity index (χ0v) is 6.74.